The van der Waals surface area contributed by atoms with Crippen LogP contribution in [0.3, 0.4) is 0 Å². The molecule has 2 aromatic heterocycles. The van der Waals surface area contributed by atoms with Crippen LogP contribution in [0.5, 0.6) is 0 Å². The van der Waals surface area contributed by atoms with Gasteiger partial charge in [-0.05, 0) is 26.0 Å². The van der Waals surface area contributed by atoms with E-state index in [2.05, 4.69) is 26.1 Å². The first-order valence-electron chi connectivity index (χ1n) is 8.93. The SMILES string of the molecule is CCOC(=O)Nc1nnc(SCC2=C(C(=O)OCC)C(c3ccco3)NC(=O)N2)s1. The summed E-state index contributed by atoms with van der Waals surface area (Å²) in [6.07, 6.45) is 0.837. The summed E-state index contributed by atoms with van der Waals surface area (Å²) < 4.78 is 15.9. The van der Waals surface area contributed by atoms with Gasteiger partial charge in [-0.3, -0.25) is 5.32 Å². The molecule has 1 aliphatic heterocycles. The molecule has 0 saturated heterocycles. The smallest absolute Gasteiger partial charge is 0.413 e. The topological polar surface area (TPSA) is 145 Å². The van der Waals surface area contributed by atoms with Crippen LogP contribution in [0, 0.1) is 0 Å². The zero-order valence-electron chi connectivity index (χ0n) is 16.1. The van der Waals surface area contributed by atoms with Crippen molar-refractivity contribution in [1.82, 2.24) is 20.8 Å². The summed E-state index contributed by atoms with van der Waals surface area (Å²) in [5.41, 5.74) is 0.618. The van der Waals surface area contributed by atoms with E-state index >= 15 is 0 Å². The molecule has 3 rings (SSSR count). The number of rotatable bonds is 8. The van der Waals surface area contributed by atoms with Crippen molar-refractivity contribution in [1.29, 1.82) is 0 Å². The first-order valence-corrected chi connectivity index (χ1v) is 10.7. The van der Waals surface area contributed by atoms with Crippen LogP contribution in [0.2, 0.25) is 0 Å². The van der Waals surface area contributed by atoms with E-state index in [0.29, 0.717) is 15.8 Å². The molecular formula is C17H19N5O6S2. The summed E-state index contributed by atoms with van der Waals surface area (Å²) in [6, 6.07) is 2.08. The van der Waals surface area contributed by atoms with Crippen LogP contribution in [0.1, 0.15) is 25.6 Å². The summed E-state index contributed by atoms with van der Waals surface area (Å²) in [6.45, 7) is 3.81. The molecule has 13 heteroatoms. The van der Waals surface area contributed by atoms with Gasteiger partial charge in [0.1, 0.15) is 11.8 Å². The lowest BCUT2D eigenvalue weighted by Gasteiger charge is -2.27. The van der Waals surface area contributed by atoms with Crippen molar-refractivity contribution in [3.05, 3.63) is 35.4 Å². The number of nitrogens with one attached hydrogen (secondary N) is 3. The van der Waals surface area contributed by atoms with Crippen molar-refractivity contribution in [3.63, 3.8) is 0 Å². The first kappa shape index (κ1) is 21.6. The Labute approximate surface area is 179 Å². The van der Waals surface area contributed by atoms with E-state index in [4.69, 9.17) is 13.9 Å². The third-order valence-corrected chi connectivity index (χ3v) is 5.71. The van der Waals surface area contributed by atoms with Gasteiger partial charge in [0.2, 0.25) is 5.13 Å². The second-order valence-corrected chi connectivity index (χ2v) is 7.87. The third-order valence-electron chi connectivity index (χ3n) is 3.71. The summed E-state index contributed by atoms with van der Waals surface area (Å²) in [4.78, 5) is 36.2. The summed E-state index contributed by atoms with van der Waals surface area (Å²) in [5, 5.41) is 15.9. The van der Waals surface area contributed by atoms with Crippen molar-refractivity contribution >= 4 is 46.3 Å². The highest BCUT2D eigenvalue weighted by Crippen LogP contribution is 2.32. The van der Waals surface area contributed by atoms with Gasteiger partial charge in [0.15, 0.2) is 4.34 Å². The minimum absolute atomic E-state index is 0.181. The number of ether oxygens (including phenoxy) is 2. The van der Waals surface area contributed by atoms with Gasteiger partial charge in [0.05, 0.1) is 25.1 Å². The molecule has 0 aliphatic carbocycles. The van der Waals surface area contributed by atoms with E-state index in [1.807, 2.05) is 0 Å². The van der Waals surface area contributed by atoms with Crippen LogP contribution >= 0.6 is 23.1 Å². The van der Waals surface area contributed by atoms with Crippen LogP contribution in [0.4, 0.5) is 14.7 Å². The van der Waals surface area contributed by atoms with Gasteiger partial charge >= 0.3 is 18.1 Å². The molecule has 3 amide bonds. The molecule has 3 N–H and O–H groups in total. The molecule has 0 saturated carbocycles. The van der Waals surface area contributed by atoms with E-state index in [1.165, 1.54) is 18.0 Å². The Bertz CT molecular complexity index is 942. The van der Waals surface area contributed by atoms with Crippen molar-refractivity contribution in [2.24, 2.45) is 0 Å². The Kier molecular flexibility index (Phi) is 7.30. The Morgan fingerprint density at radius 3 is 2.80 bits per heavy atom. The maximum Gasteiger partial charge on any atom is 0.413 e. The number of aromatic nitrogens is 2. The lowest BCUT2D eigenvalue weighted by molar-refractivity contribution is -0.139. The summed E-state index contributed by atoms with van der Waals surface area (Å²) in [7, 11) is 0. The molecule has 160 valence electrons. The number of nitrogens with zero attached hydrogens (tertiary/aromatic N) is 2. The maximum absolute atomic E-state index is 12.6. The molecular weight excluding hydrogens is 434 g/mol. The monoisotopic (exact) mass is 453 g/mol. The zero-order chi connectivity index (χ0) is 21.5. The van der Waals surface area contributed by atoms with Gasteiger partial charge in [-0.15, -0.1) is 10.2 Å². The number of hydrogen-bond donors (Lipinski definition) is 3. The molecule has 0 fully saturated rings. The highest BCUT2D eigenvalue weighted by atomic mass is 32.2. The van der Waals surface area contributed by atoms with Crippen molar-refractivity contribution in [3.8, 4) is 0 Å². The van der Waals surface area contributed by atoms with Crippen molar-refractivity contribution < 1.29 is 28.3 Å². The number of carbonyl (C=O) groups is 3. The average molecular weight is 454 g/mol. The number of esters is 1. The summed E-state index contributed by atoms with van der Waals surface area (Å²) >= 11 is 2.38. The van der Waals surface area contributed by atoms with E-state index in [0.717, 1.165) is 11.3 Å². The number of hydrogen-bond acceptors (Lipinski definition) is 10. The first-order chi connectivity index (χ1) is 14.5. The van der Waals surface area contributed by atoms with E-state index < -0.39 is 24.1 Å². The van der Waals surface area contributed by atoms with Crippen LogP contribution in [0.25, 0.3) is 0 Å². The second-order valence-electron chi connectivity index (χ2n) is 5.67. The fourth-order valence-corrected chi connectivity index (χ4v) is 4.26. The Balaban J connectivity index is 1.79. The van der Waals surface area contributed by atoms with Crippen LogP contribution in [-0.4, -0.2) is 47.3 Å². The Morgan fingerprint density at radius 1 is 1.30 bits per heavy atom. The zero-order valence-corrected chi connectivity index (χ0v) is 17.7. The number of amides is 3. The van der Waals surface area contributed by atoms with Gasteiger partial charge in [0, 0.05) is 11.4 Å². The quantitative estimate of drug-likeness (QED) is 0.312. The molecule has 1 unspecified atom stereocenters. The molecule has 0 bridgehead atoms. The average Bonchev–Trinajstić information content (AvgIpc) is 3.38. The predicted octanol–water partition coefficient (Wildman–Crippen LogP) is 2.66. The molecule has 1 atom stereocenters. The van der Waals surface area contributed by atoms with E-state index in [9.17, 15) is 14.4 Å². The van der Waals surface area contributed by atoms with Crippen LogP contribution < -0.4 is 16.0 Å². The minimum atomic E-state index is -0.779. The molecule has 0 spiro atoms. The number of carbonyl (C=O) groups excluding carboxylic acids is 3. The fourth-order valence-electron chi connectivity index (χ4n) is 2.56. The van der Waals surface area contributed by atoms with Gasteiger partial charge in [-0.25, -0.2) is 14.4 Å². The van der Waals surface area contributed by atoms with Gasteiger partial charge in [-0.2, -0.15) is 0 Å². The normalized spacial score (nSPS) is 15.9. The minimum Gasteiger partial charge on any atom is -0.467 e. The van der Waals surface area contributed by atoms with Crippen LogP contribution in [-0.2, 0) is 14.3 Å². The largest absolute Gasteiger partial charge is 0.467 e. The molecule has 2 aromatic rings. The Hall–Kier alpha value is -3.06. The Morgan fingerprint density at radius 2 is 2.10 bits per heavy atom. The van der Waals surface area contributed by atoms with Crippen molar-refractivity contribution in [2.75, 3.05) is 24.3 Å². The fraction of sp³-hybridized carbons (Fsp3) is 0.353. The molecule has 11 nitrogen and oxygen atoms in total. The highest BCUT2D eigenvalue weighted by Gasteiger charge is 2.35. The molecule has 1 aliphatic rings. The van der Waals surface area contributed by atoms with Crippen molar-refractivity contribution in [2.45, 2.75) is 24.2 Å². The van der Waals surface area contributed by atoms with E-state index in [1.54, 1.807) is 26.0 Å². The molecule has 0 aromatic carbocycles. The number of anilines is 1. The maximum atomic E-state index is 12.6. The lowest BCUT2D eigenvalue weighted by atomic mass is 10.0. The predicted molar refractivity (Wildman–Crippen MR) is 108 cm³/mol. The summed E-state index contributed by atoms with van der Waals surface area (Å²) in [5.74, 6) is 0.0588. The molecule has 0 radical (unpaired) electrons. The number of urea groups is 1. The third kappa shape index (κ3) is 5.30. The number of thioether (sulfide) groups is 1. The standard InChI is InChI=1S/C17H19N5O6S2/c1-3-26-13(23)11-9(18-14(24)19-12(11)10-6-5-7-28-10)8-29-17-22-21-15(30-17)20-16(25)27-4-2/h5-7,12H,3-4,8H2,1-2H3,(H2,18,19,24)(H,20,21,25). The van der Waals surface area contributed by atoms with Gasteiger partial charge in [0.25, 0.3) is 0 Å². The van der Waals surface area contributed by atoms with E-state index in [-0.39, 0.29) is 29.7 Å². The lowest BCUT2D eigenvalue weighted by Crippen LogP contribution is -2.46. The molecule has 30 heavy (non-hydrogen) atoms. The number of furan rings is 1. The van der Waals surface area contributed by atoms with Gasteiger partial charge in [-0.1, -0.05) is 23.1 Å². The van der Waals surface area contributed by atoms with Crippen LogP contribution in [0.15, 0.2) is 38.4 Å². The second kappa shape index (κ2) is 10.1. The molecule has 3 heterocycles. The van der Waals surface area contributed by atoms with Gasteiger partial charge < -0.3 is 24.5 Å². The highest BCUT2D eigenvalue weighted by molar-refractivity contribution is 8.01.